The number of thioether (sulfide) groups is 1. The Balaban J connectivity index is 2.00. The van der Waals surface area contributed by atoms with E-state index in [4.69, 9.17) is 0 Å². The van der Waals surface area contributed by atoms with Crippen molar-refractivity contribution in [3.8, 4) is 0 Å². The van der Waals surface area contributed by atoms with Gasteiger partial charge in [-0.1, -0.05) is 12.2 Å². The second kappa shape index (κ2) is 4.91. The summed E-state index contributed by atoms with van der Waals surface area (Å²) in [5, 5.41) is 3.34. The second-order valence-corrected chi connectivity index (χ2v) is 5.80. The lowest BCUT2D eigenvalue weighted by molar-refractivity contribution is 0.746. The van der Waals surface area contributed by atoms with Gasteiger partial charge in [0.2, 0.25) is 0 Å². The van der Waals surface area contributed by atoms with E-state index in [0.29, 0.717) is 5.92 Å². The zero-order valence-corrected chi connectivity index (χ0v) is 10.9. The highest BCUT2D eigenvalue weighted by Gasteiger charge is 2.13. The van der Waals surface area contributed by atoms with Gasteiger partial charge < -0.3 is 5.32 Å². The molecule has 2 aliphatic heterocycles. The van der Waals surface area contributed by atoms with E-state index in [0.717, 1.165) is 18.8 Å². The number of nitrogens with zero attached hydrogens (tertiary/aromatic N) is 1. The lowest BCUT2D eigenvalue weighted by Gasteiger charge is -2.20. The maximum atomic E-state index is 4.30. The molecule has 0 saturated carbocycles. The van der Waals surface area contributed by atoms with Gasteiger partial charge in [-0.3, -0.25) is 4.99 Å². The third kappa shape index (κ3) is 3.01. The molecule has 0 aromatic heterocycles. The van der Waals surface area contributed by atoms with Crippen LogP contribution in [-0.4, -0.2) is 12.4 Å². The molecule has 16 heavy (non-hydrogen) atoms. The van der Waals surface area contributed by atoms with Crippen LogP contribution in [0.15, 0.2) is 38.7 Å². The monoisotopic (exact) mass is 234 g/mol. The lowest BCUT2D eigenvalue weighted by Crippen LogP contribution is -2.24. The largest absolute Gasteiger partial charge is 0.348 e. The molecule has 0 spiro atoms. The average molecular weight is 234 g/mol. The van der Waals surface area contributed by atoms with E-state index >= 15 is 0 Å². The Morgan fingerprint density at radius 1 is 1.31 bits per heavy atom. The van der Waals surface area contributed by atoms with E-state index in [1.165, 1.54) is 15.5 Å². The molecule has 0 bridgehead atoms. The Morgan fingerprint density at radius 3 is 2.62 bits per heavy atom. The second-order valence-electron chi connectivity index (χ2n) is 4.31. The van der Waals surface area contributed by atoms with Crippen LogP contribution in [0.3, 0.4) is 0 Å². The number of nitrogens with one attached hydrogen (secondary N) is 1. The van der Waals surface area contributed by atoms with Crippen LogP contribution >= 0.6 is 11.8 Å². The van der Waals surface area contributed by atoms with Crippen LogP contribution < -0.4 is 5.32 Å². The van der Waals surface area contributed by atoms with E-state index in [1.807, 2.05) is 18.7 Å². The number of amidine groups is 1. The molecule has 0 aliphatic carbocycles. The number of hydrogen-bond acceptors (Lipinski definition) is 3. The predicted molar refractivity (Wildman–Crippen MR) is 72.4 cm³/mol. The summed E-state index contributed by atoms with van der Waals surface area (Å²) in [5.74, 6) is 1.56. The third-order valence-corrected chi connectivity index (χ3v) is 3.60. The van der Waals surface area contributed by atoms with Gasteiger partial charge in [0, 0.05) is 11.6 Å². The van der Waals surface area contributed by atoms with Gasteiger partial charge in [-0.15, -0.1) is 11.8 Å². The van der Waals surface area contributed by atoms with Gasteiger partial charge >= 0.3 is 0 Å². The van der Waals surface area contributed by atoms with Gasteiger partial charge in [-0.25, -0.2) is 0 Å². The standard InChI is InChI=1S/C13H18N2S/c1-9-6-12(7-10(2)16-9)8-13-4-5-14-11(3)15-13/h4,6-7,12H,5,8H2,1-3H3,(H,14,15). The zero-order chi connectivity index (χ0) is 11.5. The maximum absolute atomic E-state index is 4.30. The van der Waals surface area contributed by atoms with Crippen molar-refractivity contribution < 1.29 is 0 Å². The molecule has 2 nitrogen and oxygen atoms in total. The van der Waals surface area contributed by atoms with E-state index in [9.17, 15) is 0 Å². The molecule has 2 heterocycles. The molecule has 2 rings (SSSR count). The molecule has 86 valence electrons. The summed E-state index contributed by atoms with van der Waals surface area (Å²) in [6.45, 7) is 7.21. The summed E-state index contributed by atoms with van der Waals surface area (Å²) in [6.07, 6.45) is 7.94. The van der Waals surface area contributed by atoms with Gasteiger partial charge in [0.1, 0.15) is 0 Å². The molecule has 0 unspecified atom stereocenters. The minimum atomic E-state index is 0.533. The molecule has 0 amide bonds. The highest BCUT2D eigenvalue weighted by Crippen LogP contribution is 2.33. The van der Waals surface area contributed by atoms with Gasteiger partial charge in [0.25, 0.3) is 0 Å². The van der Waals surface area contributed by atoms with Crippen molar-refractivity contribution in [2.45, 2.75) is 27.2 Å². The van der Waals surface area contributed by atoms with Crippen molar-refractivity contribution in [2.24, 2.45) is 10.9 Å². The molecule has 0 saturated heterocycles. The molecule has 0 aromatic carbocycles. The zero-order valence-electron chi connectivity index (χ0n) is 10.1. The predicted octanol–water partition coefficient (Wildman–Crippen LogP) is 3.45. The number of allylic oxidation sites excluding steroid dienone is 5. The molecule has 2 aliphatic rings. The Bertz CT molecular complexity index is 384. The van der Waals surface area contributed by atoms with Crippen molar-refractivity contribution in [1.29, 1.82) is 0 Å². The van der Waals surface area contributed by atoms with Gasteiger partial charge in [0.15, 0.2) is 0 Å². The Kier molecular flexibility index (Phi) is 3.54. The van der Waals surface area contributed by atoms with Crippen molar-refractivity contribution >= 4 is 17.6 Å². The van der Waals surface area contributed by atoms with Crippen LogP contribution in [0.4, 0.5) is 0 Å². The van der Waals surface area contributed by atoms with Crippen LogP contribution in [0.2, 0.25) is 0 Å². The fourth-order valence-corrected chi connectivity index (χ4v) is 3.09. The first kappa shape index (κ1) is 11.5. The highest BCUT2D eigenvalue weighted by molar-refractivity contribution is 8.06. The van der Waals surface area contributed by atoms with Crippen molar-refractivity contribution in [3.63, 3.8) is 0 Å². The highest BCUT2D eigenvalue weighted by atomic mass is 32.2. The Morgan fingerprint density at radius 2 is 2.00 bits per heavy atom. The summed E-state index contributed by atoms with van der Waals surface area (Å²) in [6, 6.07) is 0. The van der Waals surface area contributed by atoms with Gasteiger partial charge in [-0.05, 0) is 43.1 Å². The van der Waals surface area contributed by atoms with Gasteiger partial charge in [-0.2, -0.15) is 0 Å². The number of rotatable bonds is 2. The molecule has 0 atom stereocenters. The molecule has 1 N–H and O–H groups in total. The first-order valence-electron chi connectivity index (χ1n) is 5.65. The van der Waals surface area contributed by atoms with Crippen molar-refractivity contribution in [2.75, 3.05) is 6.54 Å². The molecular formula is C13H18N2S. The minimum absolute atomic E-state index is 0.533. The smallest absolute Gasteiger partial charge is 0.0976 e. The first-order valence-corrected chi connectivity index (χ1v) is 6.47. The maximum Gasteiger partial charge on any atom is 0.0976 e. The molecule has 0 radical (unpaired) electrons. The van der Waals surface area contributed by atoms with E-state index in [-0.39, 0.29) is 0 Å². The summed E-state index contributed by atoms with van der Waals surface area (Å²) in [5.41, 5.74) is 1.30. The van der Waals surface area contributed by atoms with E-state index in [1.54, 1.807) is 0 Å². The van der Waals surface area contributed by atoms with Gasteiger partial charge in [0.05, 0.1) is 12.4 Å². The fraction of sp³-hybridized carbons (Fsp3) is 0.462. The lowest BCUT2D eigenvalue weighted by atomic mass is 10.0. The minimum Gasteiger partial charge on any atom is -0.348 e. The van der Waals surface area contributed by atoms with Crippen molar-refractivity contribution in [3.05, 3.63) is 33.7 Å². The molecular weight excluding hydrogens is 216 g/mol. The summed E-state index contributed by atoms with van der Waals surface area (Å²) < 4.78 is 0. The van der Waals surface area contributed by atoms with Crippen LogP contribution in [0.25, 0.3) is 0 Å². The molecule has 0 aromatic rings. The topological polar surface area (TPSA) is 24.4 Å². The van der Waals surface area contributed by atoms with E-state index in [2.05, 4.69) is 42.4 Å². The summed E-state index contributed by atoms with van der Waals surface area (Å²) in [4.78, 5) is 7.12. The van der Waals surface area contributed by atoms with Crippen LogP contribution in [0.5, 0.6) is 0 Å². The average Bonchev–Trinajstić information content (AvgIpc) is 2.15. The SMILES string of the molecule is CC1=CC(CC2=CCN=C(C)N2)C=C(C)S1. The molecule has 3 heteroatoms. The summed E-state index contributed by atoms with van der Waals surface area (Å²) in [7, 11) is 0. The number of aliphatic imine (C=N–C) groups is 1. The quantitative estimate of drug-likeness (QED) is 0.791. The Labute approximate surface area is 102 Å². The molecule has 0 fully saturated rings. The number of hydrogen-bond donors (Lipinski definition) is 1. The Hall–Kier alpha value is -0.960. The van der Waals surface area contributed by atoms with E-state index < -0.39 is 0 Å². The summed E-state index contributed by atoms with van der Waals surface area (Å²) >= 11 is 1.87. The fourth-order valence-electron chi connectivity index (χ4n) is 2.09. The van der Waals surface area contributed by atoms with Crippen LogP contribution in [-0.2, 0) is 0 Å². The third-order valence-electron chi connectivity index (χ3n) is 2.68. The van der Waals surface area contributed by atoms with Crippen LogP contribution in [0, 0.1) is 5.92 Å². The van der Waals surface area contributed by atoms with Crippen LogP contribution in [0.1, 0.15) is 27.2 Å². The normalized spacial score (nSPS) is 21.7. The first-order chi connectivity index (χ1) is 7.63. The van der Waals surface area contributed by atoms with Crippen molar-refractivity contribution in [1.82, 2.24) is 5.32 Å².